The maximum Gasteiger partial charge on any atom is 0.0698 e. The zero-order valence-corrected chi connectivity index (χ0v) is 11.4. The first-order valence-electron chi connectivity index (χ1n) is 7.07. The molecule has 2 N–H and O–H groups in total. The van der Waals surface area contributed by atoms with Crippen LogP contribution < -0.4 is 5.32 Å². The van der Waals surface area contributed by atoms with E-state index < -0.39 is 0 Å². The second-order valence-corrected chi connectivity index (χ2v) is 5.00. The molecule has 1 aliphatic rings. The van der Waals surface area contributed by atoms with Crippen molar-refractivity contribution in [3.8, 4) is 0 Å². The molecule has 0 bridgehead atoms. The lowest BCUT2D eigenvalue weighted by Gasteiger charge is -2.16. The lowest BCUT2D eigenvalue weighted by molar-refractivity contribution is 0.0926. The zero-order chi connectivity index (χ0) is 13.3. The summed E-state index contributed by atoms with van der Waals surface area (Å²) < 4.78 is 5.24. The topological polar surface area (TPSA) is 44.7 Å². The number of ether oxygens (including phenoxy) is 1. The molecular weight excluding hydrogens is 240 g/mol. The minimum absolute atomic E-state index is 0.105. The van der Waals surface area contributed by atoms with Crippen LogP contribution in [0.3, 0.4) is 0 Å². The Morgan fingerprint density at radius 2 is 2.11 bits per heavy atom. The number of aliphatic hydroxyl groups excluding tert-OH is 1. The zero-order valence-electron chi connectivity index (χ0n) is 11.4. The van der Waals surface area contributed by atoms with Crippen LogP contribution in [0.1, 0.15) is 12.0 Å². The molecular formula is C15H24N2O2. The molecule has 0 saturated carbocycles. The lowest BCUT2D eigenvalue weighted by Crippen LogP contribution is -2.34. The largest absolute Gasteiger partial charge is 0.394 e. The molecule has 1 saturated heterocycles. The Morgan fingerprint density at radius 3 is 2.89 bits per heavy atom. The number of aliphatic hydroxyl groups is 1. The molecule has 0 spiro atoms. The van der Waals surface area contributed by atoms with Gasteiger partial charge < -0.3 is 15.2 Å². The van der Waals surface area contributed by atoms with Crippen LogP contribution in [0.25, 0.3) is 0 Å². The van der Waals surface area contributed by atoms with Crippen LogP contribution in [-0.4, -0.2) is 55.5 Å². The SMILES string of the molecule is OCCOCCNC1CCN(Cc2ccccc2)C1. The molecule has 2 rings (SSSR count). The van der Waals surface area contributed by atoms with Crippen molar-refractivity contribution in [3.63, 3.8) is 0 Å². The predicted molar refractivity (Wildman–Crippen MR) is 76.0 cm³/mol. The maximum atomic E-state index is 8.60. The van der Waals surface area contributed by atoms with Crippen LogP contribution in [0.2, 0.25) is 0 Å². The van der Waals surface area contributed by atoms with Gasteiger partial charge in [-0.2, -0.15) is 0 Å². The Labute approximate surface area is 115 Å². The number of nitrogens with one attached hydrogen (secondary N) is 1. The van der Waals surface area contributed by atoms with Crippen molar-refractivity contribution in [2.75, 3.05) is 39.5 Å². The predicted octanol–water partition coefficient (Wildman–Crippen LogP) is 0.859. The molecule has 1 heterocycles. The highest BCUT2D eigenvalue weighted by molar-refractivity contribution is 5.14. The average Bonchev–Trinajstić information content (AvgIpc) is 2.87. The summed E-state index contributed by atoms with van der Waals surface area (Å²) in [5.41, 5.74) is 1.38. The molecule has 0 amide bonds. The van der Waals surface area contributed by atoms with Gasteiger partial charge in [0.15, 0.2) is 0 Å². The van der Waals surface area contributed by atoms with Gasteiger partial charge in [0.2, 0.25) is 0 Å². The summed E-state index contributed by atoms with van der Waals surface area (Å²) in [7, 11) is 0. The Balaban J connectivity index is 1.60. The van der Waals surface area contributed by atoms with E-state index in [1.165, 1.54) is 12.0 Å². The maximum absolute atomic E-state index is 8.60. The van der Waals surface area contributed by atoms with E-state index in [2.05, 4.69) is 40.5 Å². The van der Waals surface area contributed by atoms with Crippen molar-refractivity contribution in [2.45, 2.75) is 19.0 Å². The van der Waals surface area contributed by atoms with Gasteiger partial charge in [0, 0.05) is 32.2 Å². The van der Waals surface area contributed by atoms with Gasteiger partial charge in [-0.05, 0) is 12.0 Å². The molecule has 4 heteroatoms. The third-order valence-electron chi connectivity index (χ3n) is 3.44. The van der Waals surface area contributed by atoms with E-state index in [1.54, 1.807) is 0 Å². The smallest absolute Gasteiger partial charge is 0.0698 e. The van der Waals surface area contributed by atoms with Gasteiger partial charge in [0.25, 0.3) is 0 Å². The van der Waals surface area contributed by atoms with E-state index in [9.17, 15) is 0 Å². The summed E-state index contributed by atoms with van der Waals surface area (Å²) in [6.07, 6.45) is 1.20. The molecule has 1 aromatic rings. The van der Waals surface area contributed by atoms with Crippen LogP contribution in [-0.2, 0) is 11.3 Å². The minimum atomic E-state index is 0.105. The van der Waals surface area contributed by atoms with Crippen molar-refractivity contribution >= 4 is 0 Å². The first-order chi connectivity index (χ1) is 9.38. The number of hydrogen-bond acceptors (Lipinski definition) is 4. The summed E-state index contributed by atoms with van der Waals surface area (Å²) >= 11 is 0. The number of hydrogen-bond donors (Lipinski definition) is 2. The fraction of sp³-hybridized carbons (Fsp3) is 0.600. The molecule has 1 aromatic carbocycles. The third-order valence-corrected chi connectivity index (χ3v) is 3.44. The summed E-state index contributed by atoms with van der Waals surface area (Å²) in [5, 5.41) is 12.1. The van der Waals surface area contributed by atoms with E-state index in [4.69, 9.17) is 9.84 Å². The third kappa shape index (κ3) is 5.28. The van der Waals surface area contributed by atoms with Crippen LogP contribution in [0.5, 0.6) is 0 Å². The average molecular weight is 264 g/mol. The van der Waals surface area contributed by atoms with E-state index in [-0.39, 0.29) is 6.61 Å². The molecule has 19 heavy (non-hydrogen) atoms. The van der Waals surface area contributed by atoms with Gasteiger partial charge in [-0.1, -0.05) is 30.3 Å². The van der Waals surface area contributed by atoms with E-state index in [1.807, 2.05) is 0 Å². The van der Waals surface area contributed by atoms with Crippen molar-refractivity contribution in [1.29, 1.82) is 0 Å². The van der Waals surface area contributed by atoms with Gasteiger partial charge >= 0.3 is 0 Å². The molecule has 4 nitrogen and oxygen atoms in total. The van der Waals surface area contributed by atoms with Crippen LogP contribution in [0.15, 0.2) is 30.3 Å². The van der Waals surface area contributed by atoms with E-state index in [0.29, 0.717) is 19.3 Å². The highest BCUT2D eigenvalue weighted by Gasteiger charge is 2.21. The number of likely N-dealkylation sites (tertiary alicyclic amines) is 1. The van der Waals surface area contributed by atoms with Gasteiger partial charge in [-0.15, -0.1) is 0 Å². The van der Waals surface area contributed by atoms with Crippen molar-refractivity contribution in [2.24, 2.45) is 0 Å². The number of rotatable bonds is 8. The second-order valence-electron chi connectivity index (χ2n) is 5.00. The van der Waals surface area contributed by atoms with Crippen molar-refractivity contribution in [3.05, 3.63) is 35.9 Å². The van der Waals surface area contributed by atoms with Crippen molar-refractivity contribution in [1.82, 2.24) is 10.2 Å². The van der Waals surface area contributed by atoms with Crippen LogP contribution in [0.4, 0.5) is 0 Å². The molecule has 1 atom stereocenters. The summed E-state index contributed by atoms with van der Waals surface area (Å²) in [5.74, 6) is 0. The van der Waals surface area contributed by atoms with Gasteiger partial charge in [0.05, 0.1) is 19.8 Å². The van der Waals surface area contributed by atoms with E-state index in [0.717, 1.165) is 26.2 Å². The Bertz CT molecular complexity index is 345. The first kappa shape index (κ1) is 14.5. The summed E-state index contributed by atoms with van der Waals surface area (Å²) in [4.78, 5) is 2.49. The Kier molecular flexibility index (Phi) is 6.30. The minimum Gasteiger partial charge on any atom is -0.394 e. The molecule has 1 aliphatic heterocycles. The Hall–Kier alpha value is -0.940. The molecule has 106 valence electrons. The molecule has 0 aromatic heterocycles. The van der Waals surface area contributed by atoms with Crippen LogP contribution >= 0.6 is 0 Å². The normalized spacial score (nSPS) is 19.9. The second kappa shape index (κ2) is 8.27. The summed E-state index contributed by atoms with van der Waals surface area (Å²) in [6.45, 7) is 5.39. The molecule has 0 aliphatic carbocycles. The van der Waals surface area contributed by atoms with E-state index >= 15 is 0 Å². The fourth-order valence-electron chi connectivity index (χ4n) is 2.49. The highest BCUT2D eigenvalue weighted by atomic mass is 16.5. The molecule has 1 fully saturated rings. The first-order valence-corrected chi connectivity index (χ1v) is 7.07. The number of benzene rings is 1. The van der Waals surface area contributed by atoms with Gasteiger partial charge in [-0.25, -0.2) is 0 Å². The summed E-state index contributed by atoms with van der Waals surface area (Å²) in [6, 6.07) is 11.2. The fourth-order valence-corrected chi connectivity index (χ4v) is 2.49. The lowest BCUT2D eigenvalue weighted by atomic mass is 10.2. The molecule has 1 unspecified atom stereocenters. The quantitative estimate of drug-likeness (QED) is 0.684. The van der Waals surface area contributed by atoms with Crippen LogP contribution in [0, 0.1) is 0 Å². The standard InChI is InChI=1S/C15H24N2O2/c18-9-11-19-10-7-16-15-6-8-17(13-15)12-14-4-2-1-3-5-14/h1-5,15-16,18H,6-13H2. The number of nitrogens with zero attached hydrogens (tertiary/aromatic N) is 1. The molecule has 0 radical (unpaired) electrons. The monoisotopic (exact) mass is 264 g/mol. The van der Waals surface area contributed by atoms with Crippen molar-refractivity contribution < 1.29 is 9.84 Å². The van der Waals surface area contributed by atoms with Gasteiger partial charge in [-0.3, -0.25) is 4.90 Å². The Morgan fingerprint density at radius 1 is 1.26 bits per heavy atom. The van der Waals surface area contributed by atoms with Gasteiger partial charge in [0.1, 0.15) is 0 Å². The highest BCUT2D eigenvalue weighted by Crippen LogP contribution is 2.13.